The first-order chi connectivity index (χ1) is 10.6. The van der Waals surface area contributed by atoms with E-state index in [2.05, 4.69) is 10.3 Å². The molecule has 7 heteroatoms. The molecule has 0 aliphatic rings. The second kappa shape index (κ2) is 5.87. The van der Waals surface area contributed by atoms with Crippen LogP contribution in [0.25, 0.3) is 11.0 Å². The van der Waals surface area contributed by atoms with Crippen LogP contribution in [0.4, 0.5) is 11.6 Å². The SMILES string of the molecule is Nc1nc2ccccc2n1CC(=O)Nc1c(Cl)cccc1Cl. The third-order valence-electron chi connectivity index (χ3n) is 3.21. The molecule has 112 valence electrons. The molecule has 1 amide bonds. The van der Waals surface area contributed by atoms with Crippen LogP contribution in [0.5, 0.6) is 0 Å². The quantitative estimate of drug-likeness (QED) is 0.769. The molecule has 1 heterocycles. The van der Waals surface area contributed by atoms with Gasteiger partial charge in [-0.15, -0.1) is 0 Å². The highest BCUT2D eigenvalue weighted by Crippen LogP contribution is 2.29. The Morgan fingerprint density at radius 3 is 2.55 bits per heavy atom. The number of para-hydroxylation sites is 3. The van der Waals surface area contributed by atoms with E-state index in [9.17, 15) is 4.79 Å². The van der Waals surface area contributed by atoms with Gasteiger partial charge in [0, 0.05) is 0 Å². The largest absolute Gasteiger partial charge is 0.369 e. The van der Waals surface area contributed by atoms with Crippen molar-refractivity contribution in [2.75, 3.05) is 11.1 Å². The first-order valence-corrected chi connectivity index (χ1v) is 7.26. The van der Waals surface area contributed by atoms with E-state index in [1.54, 1.807) is 22.8 Å². The number of nitrogens with zero attached hydrogens (tertiary/aromatic N) is 2. The number of aromatic nitrogens is 2. The maximum atomic E-state index is 12.2. The maximum absolute atomic E-state index is 12.2. The molecule has 0 saturated carbocycles. The molecule has 0 unspecified atom stereocenters. The van der Waals surface area contributed by atoms with E-state index >= 15 is 0 Å². The lowest BCUT2D eigenvalue weighted by Gasteiger charge is -2.10. The molecule has 0 saturated heterocycles. The average Bonchev–Trinajstić information content (AvgIpc) is 2.79. The predicted molar refractivity (Wildman–Crippen MR) is 89.2 cm³/mol. The summed E-state index contributed by atoms with van der Waals surface area (Å²) in [6, 6.07) is 12.4. The van der Waals surface area contributed by atoms with Crippen LogP contribution in [0.15, 0.2) is 42.5 Å². The van der Waals surface area contributed by atoms with Crippen LogP contribution in [0.3, 0.4) is 0 Å². The number of hydrogen-bond acceptors (Lipinski definition) is 3. The summed E-state index contributed by atoms with van der Waals surface area (Å²) in [6.45, 7) is 0.0217. The number of hydrogen-bond donors (Lipinski definition) is 2. The van der Waals surface area contributed by atoms with Gasteiger partial charge in [0.2, 0.25) is 11.9 Å². The molecule has 3 rings (SSSR count). The Labute approximate surface area is 136 Å². The summed E-state index contributed by atoms with van der Waals surface area (Å²) in [5.74, 6) is -0.00791. The van der Waals surface area contributed by atoms with Crippen molar-refractivity contribution >= 4 is 51.8 Å². The number of nitrogens with one attached hydrogen (secondary N) is 1. The van der Waals surface area contributed by atoms with Crippen LogP contribution in [0.1, 0.15) is 0 Å². The minimum atomic E-state index is -0.287. The Morgan fingerprint density at radius 1 is 1.14 bits per heavy atom. The molecule has 3 N–H and O–H groups in total. The van der Waals surface area contributed by atoms with Gasteiger partial charge in [0.05, 0.1) is 26.8 Å². The number of nitrogens with two attached hydrogens (primary N) is 1. The maximum Gasteiger partial charge on any atom is 0.244 e. The zero-order chi connectivity index (χ0) is 15.7. The molecular formula is C15H12Cl2N4O. The summed E-state index contributed by atoms with van der Waals surface area (Å²) in [4.78, 5) is 16.5. The van der Waals surface area contributed by atoms with Gasteiger partial charge in [0.1, 0.15) is 6.54 Å². The lowest BCUT2D eigenvalue weighted by molar-refractivity contribution is -0.116. The van der Waals surface area contributed by atoms with Gasteiger partial charge in [0.15, 0.2) is 0 Å². The van der Waals surface area contributed by atoms with Crippen LogP contribution >= 0.6 is 23.2 Å². The Kier molecular flexibility index (Phi) is 3.92. The van der Waals surface area contributed by atoms with Crippen molar-refractivity contribution in [2.45, 2.75) is 6.54 Å². The minimum absolute atomic E-state index is 0.0217. The normalized spacial score (nSPS) is 10.8. The lowest BCUT2D eigenvalue weighted by Crippen LogP contribution is -2.20. The van der Waals surface area contributed by atoms with E-state index in [4.69, 9.17) is 28.9 Å². The predicted octanol–water partition coefficient (Wildman–Crippen LogP) is 3.56. The standard InChI is InChI=1S/C15H12Cl2N4O/c16-9-4-3-5-10(17)14(9)20-13(22)8-21-12-7-2-1-6-11(12)19-15(21)18/h1-7H,8H2,(H2,18,19)(H,20,22). The van der Waals surface area contributed by atoms with E-state index in [1.165, 1.54) is 0 Å². The number of amides is 1. The van der Waals surface area contributed by atoms with Crippen LogP contribution in [-0.4, -0.2) is 15.5 Å². The lowest BCUT2D eigenvalue weighted by atomic mass is 10.3. The summed E-state index contributed by atoms with van der Waals surface area (Å²) in [6.07, 6.45) is 0. The first-order valence-electron chi connectivity index (χ1n) is 6.51. The molecule has 5 nitrogen and oxygen atoms in total. The van der Waals surface area contributed by atoms with Crippen molar-refractivity contribution in [3.63, 3.8) is 0 Å². The van der Waals surface area contributed by atoms with Crippen LogP contribution in [0, 0.1) is 0 Å². The van der Waals surface area contributed by atoms with E-state index in [-0.39, 0.29) is 18.4 Å². The van der Waals surface area contributed by atoms with Crippen molar-refractivity contribution in [1.29, 1.82) is 0 Å². The Hall–Kier alpha value is -2.24. The minimum Gasteiger partial charge on any atom is -0.369 e. The number of carbonyl (C=O) groups excluding carboxylic acids is 1. The van der Waals surface area contributed by atoms with Gasteiger partial charge in [-0.3, -0.25) is 4.79 Å². The molecule has 0 radical (unpaired) electrons. The average molecular weight is 335 g/mol. The van der Waals surface area contributed by atoms with Gasteiger partial charge in [-0.05, 0) is 24.3 Å². The van der Waals surface area contributed by atoms with Crippen molar-refractivity contribution in [3.05, 3.63) is 52.5 Å². The third-order valence-corrected chi connectivity index (χ3v) is 3.84. The molecule has 0 spiro atoms. The second-order valence-electron chi connectivity index (χ2n) is 4.69. The number of carbonyl (C=O) groups is 1. The van der Waals surface area contributed by atoms with Crippen molar-refractivity contribution in [1.82, 2.24) is 9.55 Å². The number of benzene rings is 2. The van der Waals surface area contributed by atoms with Gasteiger partial charge in [-0.2, -0.15) is 0 Å². The molecule has 0 aliphatic carbocycles. The molecule has 0 aliphatic heterocycles. The van der Waals surface area contributed by atoms with Gasteiger partial charge < -0.3 is 15.6 Å². The number of rotatable bonds is 3. The van der Waals surface area contributed by atoms with E-state index in [1.807, 2.05) is 24.3 Å². The van der Waals surface area contributed by atoms with Crippen molar-refractivity contribution in [3.8, 4) is 0 Å². The van der Waals surface area contributed by atoms with Gasteiger partial charge in [-0.25, -0.2) is 4.98 Å². The highest BCUT2D eigenvalue weighted by molar-refractivity contribution is 6.39. The molecular weight excluding hydrogens is 323 g/mol. The van der Waals surface area contributed by atoms with Crippen LogP contribution in [-0.2, 0) is 11.3 Å². The summed E-state index contributed by atoms with van der Waals surface area (Å²) < 4.78 is 1.63. The first kappa shape index (κ1) is 14.7. The van der Waals surface area contributed by atoms with E-state index < -0.39 is 0 Å². The third kappa shape index (κ3) is 2.73. The van der Waals surface area contributed by atoms with E-state index in [0.29, 0.717) is 15.7 Å². The van der Waals surface area contributed by atoms with Gasteiger partial charge in [-0.1, -0.05) is 41.4 Å². The summed E-state index contributed by atoms with van der Waals surface area (Å²) in [5, 5.41) is 3.46. The molecule has 2 aromatic carbocycles. The number of nitrogen functional groups attached to an aromatic ring is 1. The zero-order valence-electron chi connectivity index (χ0n) is 11.4. The fraction of sp³-hybridized carbons (Fsp3) is 0.0667. The fourth-order valence-electron chi connectivity index (χ4n) is 2.20. The Balaban J connectivity index is 1.86. The number of anilines is 2. The molecule has 0 atom stereocenters. The number of imidazole rings is 1. The van der Waals surface area contributed by atoms with Crippen molar-refractivity contribution in [2.24, 2.45) is 0 Å². The Bertz CT molecular complexity index is 840. The molecule has 0 fully saturated rings. The van der Waals surface area contributed by atoms with Crippen LogP contribution in [0.2, 0.25) is 10.0 Å². The summed E-state index contributed by atoms with van der Waals surface area (Å²) >= 11 is 12.1. The summed E-state index contributed by atoms with van der Waals surface area (Å²) in [5.41, 5.74) is 7.79. The monoisotopic (exact) mass is 334 g/mol. The fourth-order valence-corrected chi connectivity index (χ4v) is 2.69. The van der Waals surface area contributed by atoms with Gasteiger partial charge in [0.25, 0.3) is 0 Å². The number of halogens is 2. The summed E-state index contributed by atoms with van der Waals surface area (Å²) in [7, 11) is 0. The zero-order valence-corrected chi connectivity index (χ0v) is 12.9. The highest BCUT2D eigenvalue weighted by Gasteiger charge is 2.14. The second-order valence-corrected chi connectivity index (χ2v) is 5.50. The molecule has 1 aromatic heterocycles. The van der Waals surface area contributed by atoms with Gasteiger partial charge >= 0.3 is 0 Å². The van der Waals surface area contributed by atoms with Crippen molar-refractivity contribution < 1.29 is 4.79 Å². The topological polar surface area (TPSA) is 72.9 Å². The van der Waals surface area contributed by atoms with E-state index in [0.717, 1.165) is 11.0 Å². The Morgan fingerprint density at radius 2 is 1.82 bits per heavy atom. The smallest absolute Gasteiger partial charge is 0.244 e. The molecule has 22 heavy (non-hydrogen) atoms. The molecule has 3 aromatic rings. The highest BCUT2D eigenvalue weighted by atomic mass is 35.5. The number of fused-ring (bicyclic) bond motifs is 1. The van der Waals surface area contributed by atoms with Crippen LogP contribution < -0.4 is 11.1 Å². The molecule has 0 bridgehead atoms.